The van der Waals surface area contributed by atoms with Gasteiger partial charge in [0.2, 0.25) is 0 Å². The van der Waals surface area contributed by atoms with Crippen molar-refractivity contribution in [2.24, 2.45) is 0 Å². The maximum absolute atomic E-state index is 13.4. The summed E-state index contributed by atoms with van der Waals surface area (Å²) in [4.78, 5) is 12.7. The number of carbonyl (C=O) groups excluding carboxylic acids is 1. The molecule has 0 radical (unpaired) electrons. The quantitative estimate of drug-likeness (QED) is 0.376. The molecule has 0 aliphatic carbocycles. The summed E-state index contributed by atoms with van der Waals surface area (Å²) in [7, 11) is -1.26. The van der Waals surface area contributed by atoms with E-state index in [2.05, 4.69) is 11.8 Å². The summed E-state index contributed by atoms with van der Waals surface area (Å²) >= 11 is 0. The van der Waals surface area contributed by atoms with Gasteiger partial charge in [0, 0.05) is 7.05 Å². The smallest absolute Gasteiger partial charge is 0.340 e. The van der Waals surface area contributed by atoms with E-state index in [9.17, 15) is 13.2 Å². The summed E-state index contributed by atoms with van der Waals surface area (Å²) in [5.41, 5.74) is 2.76. The fraction of sp³-hybridized carbons (Fsp3) is 0.192. The van der Waals surface area contributed by atoms with Crippen LogP contribution >= 0.6 is 0 Å². The SMILES string of the molecule is CC#CCOc1ccc(S(=O)(=O)N(C)c2c(C)cc(-c3ccccc3)cc2C(=O)OC)cc1. The van der Waals surface area contributed by atoms with Gasteiger partial charge in [-0.1, -0.05) is 36.3 Å². The third-order valence-electron chi connectivity index (χ3n) is 5.10. The van der Waals surface area contributed by atoms with Crippen LogP contribution < -0.4 is 9.04 Å². The zero-order valence-corrected chi connectivity index (χ0v) is 19.8. The van der Waals surface area contributed by atoms with E-state index in [0.717, 1.165) is 15.4 Å². The highest BCUT2D eigenvalue weighted by Crippen LogP contribution is 2.34. The standard InChI is InChI=1S/C26H25NO5S/c1-5-6-16-32-22-12-14-23(15-13-22)33(29,30)27(3)25-19(2)17-21(18-24(25)26(28)31-4)20-10-8-7-9-11-20/h7-15,17-18H,16H2,1-4H3. The third-order valence-corrected chi connectivity index (χ3v) is 6.87. The minimum Gasteiger partial charge on any atom is -0.481 e. The second-order valence-corrected chi connectivity index (χ2v) is 9.18. The first kappa shape index (κ1) is 23.9. The van der Waals surface area contributed by atoms with Crippen LogP contribution in [0.3, 0.4) is 0 Å². The summed E-state index contributed by atoms with van der Waals surface area (Å²) in [6, 6.07) is 19.1. The highest BCUT2D eigenvalue weighted by molar-refractivity contribution is 7.92. The Hall–Kier alpha value is -3.76. The van der Waals surface area contributed by atoms with Gasteiger partial charge in [0.15, 0.2) is 0 Å². The Balaban J connectivity index is 2.03. The lowest BCUT2D eigenvalue weighted by Gasteiger charge is -2.24. The molecule has 0 spiro atoms. The van der Waals surface area contributed by atoms with Crippen LogP contribution in [0, 0.1) is 18.8 Å². The molecule has 0 aromatic heterocycles. The van der Waals surface area contributed by atoms with Crippen LogP contribution in [-0.2, 0) is 14.8 Å². The van der Waals surface area contributed by atoms with Gasteiger partial charge in [-0.2, -0.15) is 0 Å². The summed E-state index contributed by atoms with van der Waals surface area (Å²) in [6.07, 6.45) is 0. The molecule has 7 heteroatoms. The van der Waals surface area contributed by atoms with E-state index in [1.54, 1.807) is 32.0 Å². The topological polar surface area (TPSA) is 72.9 Å². The van der Waals surface area contributed by atoms with Crippen LogP contribution in [0.2, 0.25) is 0 Å². The number of aryl methyl sites for hydroxylation is 1. The molecular weight excluding hydrogens is 438 g/mol. The molecule has 3 aromatic rings. The Morgan fingerprint density at radius 2 is 1.67 bits per heavy atom. The molecule has 0 N–H and O–H groups in total. The number of esters is 1. The molecule has 0 aliphatic heterocycles. The number of sulfonamides is 1. The predicted molar refractivity (Wildman–Crippen MR) is 129 cm³/mol. The third kappa shape index (κ3) is 5.18. The molecule has 0 saturated heterocycles. The highest BCUT2D eigenvalue weighted by Gasteiger charge is 2.28. The number of rotatable bonds is 7. The average molecular weight is 464 g/mol. The van der Waals surface area contributed by atoms with Gasteiger partial charge in [-0.25, -0.2) is 13.2 Å². The molecule has 3 aromatic carbocycles. The summed E-state index contributed by atoms with van der Waals surface area (Å²) in [5.74, 6) is 5.41. The number of ether oxygens (including phenoxy) is 2. The molecule has 170 valence electrons. The monoisotopic (exact) mass is 463 g/mol. The van der Waals surface area contributed by atoms with Crippen molar-refractivity contribution in [3.8, 4) is 28.7 Å². The number of anilines is 1. The molecule has 0 unspecified atom stereocenters. The van der Waals surface area contributed by atoms with E-state index >= 15 is 0 Å². The fourth-order valence-electron chi connectivity index (χ4n) is 3.44. The van der Waals surface area contributed by atoms with Gasteiger partial charge in [-0.15, -0.1) is 5.92 Å². The molecule has 3 rings (SSSR count). The number of benzene rings is 3. The van der Waals surface area contributed by atoms with Crippen LogP contribution in [0.15, 0.2) is 71.6 Å². The normalized spacial score (nSPS) is 10.7. The second-order valence-electron chi connectivity index (χ2n) is 7.21. The summed E-state index contributed by atoms with van der Waals surface area (Å²) in [5, 5.41) is 0. The Bertz CT molecular complexity index is 1300. The van der Waals surface area contributed by atoms with Crippen molar-refractivity contribution in [3.05, 3.63) is 77.9 Å². The maximum atomic E-state index is 13.4. The van der Waals surface area contributed by atoms with Gasteiger partial charge < -0.3 is 9.47 Å². The van der Waals surface area contributed by atoms with E-state index in [1.165, 1.54) is 26.3 Å². The number of carbonyl (C=O) groups is 1. The average Bonchev–Trinajstić information content (AvgIpc) is 2.83. The lowest BCUT2D eigenvalue weighted by Crippen LogP contribution is -2.29. The number of hydrogen-bond donors (Lipinski definition) is 0. The minimum absolute atomic E-state index is 0.0706. The Kier molecular flexibility index (Phi) is 7.41. The van der Waals surface area contributed by atoms with Crippen LogP contribution in [-0.4, -0.2) is 35.2 Å². The molecule has 0 fully saturated rings. The van der Waals surface area contributed by atoms with Crippen molar-refractivity contribution in [1.82, 2.24) is 0 Å². The van der Waals surface area contributed by atoms with E-state index < -0.39 is 16.0 Å². The predicted octanol–water partition coefficient (Wildman–Crippen LogP) is 4.68. The first-order valence-electron chi connectivity index (χ1n) is 10.2. The highest BCUT2D eigenvalue weighted by atomic mass is 32.2. The number of methoxy groups -OCH3 is 1. The zero-order chi connectivity index (χ0) is 24.0. The molecule has 0 atom stereocenters. The van der Waals surface area contributed by atoms with Crippen molar-refractivity contribution in [1.29, 1.82) is 0 Å². The number of hydrogen-bond acceptors (Lipinski definition) is 5. The van der Waals surface area contributed by atoms with E-state index in [1.807, 2.05) is 36.4 Å². The molecule has 33 heavy (non-hydrogen) atoms. The summed E-state index contributed by atoms with van der Waals surface area (Å²) < 4.78 is 38.3. The van der Waals surface area contributed by atoms with Gasteiger partial charge in [0.05, 0.1) is 23.3 Å². The van der Waals surface area contributed by atoms with Gasteiger partial charge in [-0.3, -0.25) is 4.31 Å². The van der Waals surface area contributed by atoms with Crippen molar-refractivity contribution >= 4 is 21.7 Å². The first-order chi connectivity index (χ1) is 15.8. The molecule has 0 heterocycles. The van der Waals surface area contributed by atoms with Crippen LogP contribution in [0.5, 0.6) is 5.75 Å². The minimum atomic E-state index is -3.96. The molecule has 0 saturated carbocycles. The van der Waals surface area contributed by atoms with Gasteiger partial charge in [-0.05, 0) is 66.9 Å². The maximum Gasteiger partial charge on any atom is 0.340 e. The van der Waals surface area contributed by atoms with E-state index in [0.29, 0.717) is 11.3 Å². The molecule has 0 bridgehead atoms. The Morgan fingerprint density at radius 3 is 2.27 bits per heavy atom. The fourth-order valence-corrected chi connectivity index (χ4v) is 4.72. The van der Waals surface area contributed by atoms with Gasteiger partial charge >= 0.3 is 5.97 Å². The van der Waals surface area contributed by atoms with E-state index in [-0.39, 0.29) is 22.8 Å². The van der Waals surface area contributed by atoms with E-state index in [4.69, 9.17) is 9.47 Å². The van der Waals surface area contributed by atoms with Gasteiger partial charge in [0.1, 0.15) is 12.4 Å². The van der Waals surface area contributed by atoms with Crippen molar-refractivity contribution < 1.29 is 22.7 Å². The lowest BCUT2D eigenvalue weighted by molar-refractivity contribution is 0.0601. The Morgan fingerprint density at radius 1 is 1.00 bits per heavy atom. The lowest BCUT2D eigenvalue weighted by atomic mass is 9.98. The van der Waals surface area contributed by atoms with Crippen molar-refractivity contribution in [2.75, 3.05) is 25.1 Å². The Labute approximate surface area is 194 Å². The zero-order valence-electron chi connectivity index (χ0n) is 19.0. The largest absolute Gasteiger partial charge is 0.481 e. The summed E-state index contributed by atoms with van der Waals surface area (Å²) in [6.45, 7) is 3.70. The molecular formula is C26H25NO5S. The number of nitrogens with zero attached hydrogens (tertiary/aromatic N) is 1. The van der Waals surface area contributed by atoms with Gasteiger partial charge in [0.25, 0.3) is 10.0 Å². The second kappa shape index (κ2) is 10.2. The first-order valence-corrected chi connectivity index (χ1v) is 11.6. The van der Waals surface area contributed by atoms with Crippen LogP contribution in [0.1, 0.15) is 22.8 Å². The van der Waals surface area contributed by atoms with Crippen LogP contribution in [0.4, 0.5) is 5.69 Å². The van der Waals surface area contributed by atoms with Crippen molar-refractivity contribution in [2.45, 2.75) is 18.7 Å². The molecule has 6 nitrogen and oxygen atoms in total. The van der Waals surface area contributed by atoms with Crippen LogP contribution in [0.25, 0.3) is 11.1 Å². The molecule has 0 amide bonds. The molecule has 0 aliphatic rings. The van der Waals surface area contributed by atoms with Crippen molar-refractivity contribution in [3.63, 3.8) is 0 Å².